The molecule has 17 heavy (non-hydrogen) atoms. The molecule has 1 aromatic rings. The molecule has 0 unspecified atom stereocenters. The van der Waals surface area contributed by atoms with Gasteiger partial charge in [-0.2, -0.15) is 8.42 Å². The summed E-state index contributed by atoms with van der Waals surface area (Å²) >= 11 is 0. The van der Waals surface area contributed by atoms with Crippen LogP contribution in [0.2, 0.25) is 0 Å². The highest BCUT2D eigenvalue weighted by Gasteiger charge is 2.15. The minimum absolute atomic E-state index is 0.265. The predicted molar refractivity (Wildman–Crippen MR) is 63.1 cm³/mol. The Morgan fingerprint density at radius 2 is 2.06 bits per heavy atom. The third kappa shape index (κ3) is 4.16. The van der Waals surface area contributed by atoms with E-state index in [0.29, 0.717) is 11.3 Å². The molecule has 0 saturated carbocycles. The van der Waals surface area contributed by atoms with Crippen molar-refractivity contribution in [2.75, 3.05) is 12.9 Å². The van der Waals surface area contributed by atoms with E-state index in [9.17, 15) is 13.2 Å². The lowest BCUT2D eigenvalue weighted by Crippen LogP contribution is -2.11. The van der Waals surface area contributed by atoms with Gasteiger partial charge in [-0.1, -0.05) is 11.6 Å². The van der Waals surface area contributed by atoms with Gasteiger partial charge in [-0.15, -0.1) is 0 Å². The van der Waals surface area contributed by atoms with E-state index in [1.54, 1.807) is 18.2 Å². The maximum absolute atomic E-state index is 11.8. The van der Waals surface area contributed by atoms with E-state index >= 15 is 0 Å². The van der Waals surface area contributed by atoms with Gasteiger partial charge < -0.3 is 4.74 Å². The van der Waals surface area contributed by atoms with Crippen LogP contribution in [0, 0.1) is 6.92 Å². The van der Waals surface area contributed by atoms with Crippen molar-refractivity contribution in [1.82, 2.24) is 0 Å². The molecule has 1 rings (SSSR count). The van der Waals surface area contributed by atoms with Crippen molar-refractivity contribution >= 4 is 15.9 Å². The fourth-order valence-corrected chi connectivity index (χ4v) is 1.84. The van der Waals surface area contributed by atoms with Crippen LogP contribution >= 0.6 is 0 Å². The summed E-state index contributed by atoms with van der Waals surface area (Å²) in [5.41, 5.74) is 1.21. The van der Waals surface area contributed by atoms with Crippen molar-refractivity contribution in [3.8, 4) is 5.75 Å². The first-order valence-corrected chi connectivity index (χ1v) is 6.57. The van der Waals surface area contributed by atoms with Gasteiger partial charge in [-0.25, -0.2) is 0 Å². The zero-order valence-electron chi connectivity index (χ0n) is 9.63. The molecule has 0 aliphatic carbocycles. The van der Waals surface area contributed by atoms with Gasteiger partial charge in [0.05, 0.1) is 18.4 Å². The average Bonchev–Trinajstić information content (AvgIpc) is 2.25. The number of ketones is 1. The number of rotatable bonds is 5. The number of hydrogen-bond donors (Lipinski definition) is 1. The molecule has 0 aromatic heterocycles. The second kappa shape index (κ2) is 5.29. The number of carbonyl (C=O) groups excluding carboxylic acids is 1. The lowest BCUT2D eigenvalue weighted by atomic mass is 10.1. The molecule has 0 spiro atoms. The largest absolute Gasteiger partial charge is 0.496 e. The number of Topliss-reactive ketones (excluding diaryl/α,β-unsaturated/α-hetero) is 1. The summed E-state index contributed by atoms with van der Waals surface area (Å²) in [5, 5.41) is 0. The summed E-state index contributed by atoms with van der Waals surface area (Å²) in [5.74, 6) is -0.553. The number of methoxy groups -OCH3 is 1. The van der Waals surface area contributed by atoms with Crippen LogP contribution in [0.1, 0.15) is 22.3 Å². The molecule has 0 saturated heterocycles. The highest BCUT2D eigenvalue weighted by Crippen LogP contribution is 2.21. The molecule has 6 heteroatoms. The first-order chi connectivity index (χ1) is 7.83. The fourth-order valence-electron chi connectivity index (χ4n) is 1.40. The number of aryl methyl sites for hydroxylation is 1. The topological polar surface area (TPSA) is 80.7 Å². The third-order valence-corrected chi connectivity index (χ3v) is 2.96. The van der Waals surface area contributed by atoms with E-state index in [-0.39, 0.29) is 12.2 Å². The summed E-state index contributed by atoms with van der Waals surface area (Å²) in [4.78, 5) is 11.8. The number of hydrogen-bond acceptors (Lipinski definition) is 4. The zero-order valence-corrected chi connectivity index (χ0v) is 10.5. The van der Waals surface area contributed by atoms with Crippen LogP contribution in [-0.2, 0) is 10.1 Å². The minimum atomic E-state index is -4.12. The smallest absolute Gasteiger partial charge is 0.265 e. The molecule has 0 amide bonds. The Balaban J connectivity index is 2.92. The van der Waals surface area contributed by atoms with E-state index in [2.05, 4.69) is 0 Å². The van der Waals surface area contributed by atoms with Crippen LogP contribution in [0.15, 0.2) is 18.2 Å². The molecular weight excluding hydrogens is 244 g/mol. The van der Waals surface area contributed by atoms with Crippen molar-refractivity contribution in [3.05, 3.63) is 29.3 Å². The molecule has 94 valence electrons. The van der Waals surface area contributed by atoms with Crippen LogP contribution in [0.4, 0.5) is 0 Å². The van der Waals surface area contributed by atoms with Gasteiger partial charge in [0.25, 0.3) is 10.1 Å². The molecule has 0 heterocycles. The molecule has 0 bridgehead atoms. The summed E-state index contributed by atoms with van der Waals surface area (Å²) in [6.45, 7) is 1.82. The molecular formula is C11H14O5S. The van der Waals surface area contributed by atoms with Gasteiger partial charge in [0, 0.05) is 6.42 Å². The summed E-state index contributed by atoms with van der Waals surface area (Å²) < 4.78 is 34.7. The fraction of sp³-hybridized carbons (Fsp3) is 0.364. The van der Waals surface area contributed by atoms with Crippen LogP contribution in [0.3, 0.4) is 0 Å². The molecule has 1 N–H and O–H groups in total. The number of carbonyl (C=O) groups is 1. The Morgan fingerprint density at radius 3 is 2.59 bits per heavy atom. The molecule has 0 aliphatic rings. The molecule has 0 radical (unpaired) electrons. The standard InChI is InChI=1S/C11H14O5S/c1-8-3-4-11(16-2)9(7-8)10(12)5-6-17(13,14)15/h3-4,7H,5-6H2,1-2H3,(H,13,14,15). The van der Waals surface area contributed by atoms with Gasteiger partial charge in [0.1, 0.15) is 5.75 Å². The third-order valence-electron chi connectivity index (χ3n) is 2.24. The first-order valence-electron chi connectivity index (χ1n) is 4.96. The van der Waals surface area contributed by atoms with Crippen molar-refractivity contribution in [1.29, 1.82) is 0 Å². The monoisotopic (exact) mass is 258 g/mol. The first kappa shape index (κ1) is 13.7. The van der Waals surface area contributed by atoms with Crippen LogP contribution in [0.25, 0.3) is 0 Å². The van der Waals surface area contributed by atoms with Crippen LogP contribution < -0.4 is 4.74 Å². The molecule has 0 aliphatic heterocycles. The highest BCUT2D eigenvalue weighted by molar-refractivity contribution is 7.85. The maximum atomic E-state index is 11.8. The van der Waals surface area contributed by atoms with E-state index in [0.717, 1.165) is 5.56 Å². The van der Waals surface area contributed by atoms with Crippen LogP contribution in [0.5, 0.6) is 5.75 Å². The zero-order chi connectivity index (χ0) is 13.1. The van der Waals surface area contributed by atoms with Crippen molar-refractivity contribution < 1.29 is 22.5 Å². The van der Waals surface area contributed by atoms with Crippen LogP contribution in [-0.4, -0.2) is 31.6 Å². The lowest BCUT2D eigenvalue weighted by Gasteiger charge is -2.08. The van der Waals surface area contributed by atoms with E-state index in [4.69, 9.17) is 9.29 Å². The Kier molecular flexibility index (Phi) is 4.25. The normalized spacial score (nSPS) is 11.2. The van der Waals surface area contributed by atoms with E-state index in [1.807, 2.05) is 6.92 Å². The maximum Gasteiger partial charge on any atom is 0.265 e. The number of ether oxygens (including phenoxy) is 1. The van der Waals surface area contributed by atoms with Gasteiger partial charge in [0.15, 0.2) is 5.78 Å². The van der Waals surface area contributed by atoms with Gasteiger partial charge in [-0.3, -0.25) is 9.35 Å². The van der Waals surface area contributed by atoms with Crippen molar-refractivity contribution in [3.63, 3.8) is 0 Å². The molecule has 5 nitrogen and oxygen atoms in total. The molecule has 0 fully saturated rings. The Labute approximate surface area is 100 Å². The molecule has 0 atom stereocenters. The average molecular weight is 258 g/mol. The minimum Gasteiger partial charge on any atom is -0.496 e. The van der Waals surface area contributed by atoms with Gasteiger partial charge >= 0.3 is 0 Å². The Bertz CT molecular complexity index is 519. The number of benzene rings is 1. The van der Waals surface area contributed by atoms with E-state index in [1.165, 1.54) is 7.11 Å². The Hall–Kier alpha value is -1.40. The van der Waals surface area contributed by atoms with Gasteiger partial charge in [-0.05, 0) is 19.1 Å². The van der Waals surface area contributed by atoms with Crippen molar-refractivity contribution in [2.45, 2.75) is 13.3 Å². The molecule has 1 aromatic carbocycles. The predicted octanol–water partition coefficient (Wildman–Crippen LogP) is 1.46. The Morgan fingerprint density at radius 1 is 1.41 bits per heavy atom. The van der Waals surface area contributed by atoms with E-state index < -0.39 is 15.9 Å². The lowest BCUT2D eigenvalue weighted by molar-refractivity contribution is 0.0985. The summed E-state index contributed by atoms with van der Waals surface area (Å²) in [6.07, 6.45) is -0.265. The van der Waals surface area contributed by atoms with Crippen molar-refractivity contribution in [2.24, 2.45) is 0 Å². The summed E-state index contributed by atoms with van der Waals surface area (Å²) in [7, 11) is -2.68. The summed E-state index contributed by atoms with van der Waals surface area (Å²) in [6, 6.07) is 5.07. The second-order valence-corrected chi connectivity index (χ2v) is 5.24. The second-order valence-electron chi connectivity index (χ2n) is 3.66. The SMILES string of the molecule is COc1ccc(C)cc1C(=O)CCS(=O)(=O)O. The quantitative estimate of drug-likeness (QED) is 0.639. The van der Waals surface area contributed by atoms with Gasteiger partial charge in [0.2, 0.25) is 0 Å². The highest BCUT2D eigenvalue weighted by atomic mass is 32.2.